The number of nitrogens with zero attached hydrogens (tertiary/aromatic N) is 7. The normalized spacial score (nSPS) is 18.5. The van der Waals surface area contributed by atoms with Gasteiger partial charge in [0.15, 0.2) is 5.15 Å². The first-order chi connectivity index (χ1) is 20.2. The predicted octanol–water partition coefficient (Wildman–Crippen LogP) is 3.60. The van der Waals surface area contributed by atoms with Crippen molar-refractivity contribution < 1.29 is 19.1 Å². The zero-order chi connectivity index (χ0) is 29.4. The summed E-state index contributed by atoms with van der Waals surface area (Å²) in [6, 6.07) is 9.41. The van der Waals surface area contributed by atoms with Crippen LogP contribution in [0.15, 0.2) is 48.8 Å². The third kappa shape index (κ3) is 5.83. The molecule has 0 saturated carbocycles. The van der Waals surface area contributed by atoms with Crippen LogP contribution in [0.4, 0.5) is 11.4 Å². The van der Waals surface area contributed by atoms with Gasteiger partial charge in [0.2, 0.25) is 17.7 Å². The van der Waals surface area contributed by atoms with E-state index in [-0.39, 0.29) is 48.5 Å². The number of aryl methyl sites for hydroxylation is 1. The second-order valence-electron chi connectivity index (χ2n) is 10.4. The van der Waals surface area contributed by atoms with Crippen molar-refractivity contribution in [1.29, 1.82) is 0 Å². The summed E-state index contributed by atoms with van der Waals surface area (Å²) < 4.78 is 9.04. The molecule has 3 amide bonds. The topological polar surface area (TPSA) is 127 Å². The molecule has 2 aromatic heterocycles. The highest BCUT2D eigenvalue weighted by Crippen LogP contribution is 2.31. The average Bonchev–Trinajstić information content (AvgIpc) is 3.57. The Morgan fingerprint density at radius 1 is 1.07 bits per heavy atom. The Balaban J connectivity index is 1.26. The maximum Gasteiger partial charge on any atom is 0.247 e. The minimum absolute atomic E-state index is 0.171. The van der Waals surface area contributed by atoms with E-state index < -0.39 is 6.04 Å². The number of ether oxygens (including phenoxy) is 1. The number of anilines is 2. The first-order valence-electron chi connectivity index (χ1n) is 13.6. The van der Waals surface area contributed by atoms with Gasteiger partial charge in [-0.05, 0) is 55.7 Å². The number of carbonyl (C=O) groups excluding carboxylic acids is 3. The van der Waals surface area contributed by atoms with Gasteiger partial charge in [0, 0.05) is 42.4 Å². The summed E-state index contributed by atoms with van der Waals surface area (Å²) in [6.45, 7) is 0.0160. The number of hydrogen-bond acceptors (Lipinski definition) is 7. The number of halogens is 2. The Labute approximate surface area is 251 Å². The molecule has 1 N–H and O–H groups in total. The van der Waals surface area contributed by atoms with Gasteiger partial charge in [-0.3, -0.25) is 24.0 Å². The number of piperazine rings is 1. The largest absolute Gasteiger partial charge is 0.378 e. The SMILES string of the molecule is Cn1cc2cc(NC(=O)C(CC3CCCCO3)N3CC(=O)N(c4cc(Cl)ccc4-n4cc(Cl)nn4)CC3=O)ccc2n1. The Bertz CT molecular complexity index is 1660. The monoisotopic (exact) mass is 610 g/mol. The molecular weight excluding hydrogens is 583 g/mol. The van der Waals surface area contributed by atoms with Gasteiger partial charge in [-0.1, -0.05) is 28.4 Å². The fourth-order valence-corrected chi connectivity index (χ4v) is 5.77. The van der Waals surface area contributed by atoms with E-state index in [0.717, 1.165) is 30.2 Å². The molecule has 2 fully saturated rings. The molecule has 2 saturated heterocycles. The molecule has 42 heavy (non-hydrogen) atoms. The summed E-state index contributed by atoms with van der Waals surface area (Å²) >= 11 is 12.2. The lowest BCUT2D eigenvalue weighted by molar-refractivity contribution is -0.145. The van der Waals surface area contributed by atoms with E-state index in [2.05, 4.69) is 20.7 Å². The molecule has 6 rings (SSSR count). The van der Waals surface area contributed by atoms with Crippen LogP contribution in [0.3, 0.4) is 0 Å². The molecule has 12 nitrogen and oxygen atoms in total. The van der Waals surface area contributed by atoms with Gasteiger partial charge >= 0.3 is 0 Å². The summed E-state index contributed by atoms with van der Waals surface area (Å²) in [7, 11) is 1.83. The summed E-state index contributed by atoms with van der Waals surface area (Å²) in [5.41, 5.74) is 2.23. The zero-order valence-corrected chi connectivity index (χ0v) is 24.3. The van der Waals surface area contributed by atoms with Crippen molar-refractivity contribution in [3.63, 3.8) is 0 Å². The molecule has 4 heterocycles. The Morgan fingerprint density at radius 2 is 1.93 bits per heavy atom. The first-order valence-corrected chi connectivity index (χ1v) is 14.3. The fraction of sp³-hybridized carbons (Fsp3) is 0.357. The summed E-state index contributed by atoms with van der Waals surface area (Å²) in [4.78, 5) is 43.8. The Morgan fingerprint density at radius 3 is 2.69 bits per heavy atom. The van der Waals surface area contributed by atoms with Crippen LogP contribution < -0.4 is 10.2 Å². The molecule has 218 valence electrons. The van der Waals surface area contributed by atoms with E-state index >= 15 is 0 Å². The molecule has 2 atom stereocenters. The second-order valence-corrected chi connectivity index (χ2v) is 11.2. The smallest absolute Gasteiger partial charge is 0.247 e. The molecule has 2 aromatic carbocycles. The van der Waals surface area contributed by atoms with Crippen LogP contribution in [0, 0.1) is 0 Å². The zero-order valence-electron chi connectivity index (χ0n) is 22.7. The Kier molecular flexibility index (Phi) is 7.84. The van der Waals surface area contributed by atoms with Crippen molar-refractivity contribution in [1.82, 2.24) is 29.7 Å². The average molecular weight is 611 g/mol. The van der Waals surface area contributed by atoms with Crippen LogP contribution in [0.1, 0.15) is 25.7 Å². The van der Waals surface area contributed by atoms with Crippen LogP contribution in [0.25, 0.3) is 16.6 Å². The van der Waals surface area contributed by atoms with E-state index in [9.17, 15) is 14.4 Å². The summed E-state index contributed by atoms with van der Waals surface area (Å²) in [5, 5.41) is 16.5. The van der Waals surface area contributed by atoms with Crippen molar-refractivity contribution >= 4 is 63.2 Å². The molecule has 0 spiro atoms. The van der Waals surface area contributed by atoms with Crippen LogP contribution in [0.2, 0.25) is 10.2 Å². The van der Waals surface area contributed by atoms with E-state index in [0.29, 0.717) is 28.7 Å². The number of rotatable bonds is 7. The lowest BCUT2D eigenvalue weighted by atomic mass is 9.99. The van der Waals surface area contributed by atoms with Gasteiger partial charge in [0.05, 0.1) is 29.2 Å². The van der Waals surface area contributed by atoms with E-state index in [4.69, 9.17) is 27.9 Å². The van der Waals surface area contributed by atoms with Gasteiger partial charge in [-0.15, -0.1) is 5.10 Å². The fourth-order valence-electron chi connectivity index (χ4n) is 5.48. The molecule has 0 bridgehead atoms. The number of aromatic nitrogens is 5. The molecule has 2 unspecified atom stereocenters. The van der Waals surface area contributed by atoms with E-state index in [1.165, 1.54) is 20.7 Å². The van der Waals surface area contributed by atoms with E-state index in [1.807, 2.05) is 25.4 Å². The quantitative estimate of drug-likeness (QED) is 0.338. The lowest BCUT2D eigenvalue weighted by Gasteiger charge is -2.39. The molecule has 0 aliphatic carbocycles. The van der Waals surface area contributed by atoms with Crippen LogP contribution in [0.5, 0.6) is 0 Å². The molecule has 2 aliphatic rings. The van der Waals surface area contributed by atoms with E-state index in [1.54, 1.807) is 28.9 Å². The number of amides is 3. The third-order valence-electron chi connectivity index (χ3n) is 7.49. The van der Waals surface area contributed by atoms with Crippen LogP contribution in [-0.4, -0.2) is 79.2 Å². The number of fused-ring (bicyclic) bond motifs is 1. The summed E-state index contributed by atoms with van der Waals surface area (Å²) in [6.07, 6.45) is 6.13. The number of hydrogen-bond donors (Lipinski definition) is 1. The van der Waals surface area contributed by atoms with Gasteiger partial charge < -0.3 is 15.0 Å². The lowest BCUT2D eigenvalue weighted by Crippen LogP contribution is -2.60. The number of nitrogens with one attached hydrogen (secondary N) is 1. The maximum atomic E-state index is 13.8. The molecule has 14 heteroatoms. The number of benzene rings is 2. The van der Waals surface area contributed by atoms with Gasteiger partial charge in [0.1, 0.15) is 19.1 Å². The second kappa shape index (κ2) is 11.7. The van der Waals surface area contributed by atoms with Crippen LogP contribution >= 0.6 is 23.2 Å². The van der Waals surface area contributed by atoms with Crippen molar-refractivity contribution in [3.8, 4) is 5.69 Å². The molecule has 2 aliphatic heterocycles. The van der Waals surface area contributed by atoms with Crippen molar-refractivity contribution in [2.45, 2.75) is 37.8 Å². The van der Waals surface area contributed by atoms with Crippen molar-refractivity contribution in [2.75, 3.05) is 29.9 Å². The van der Waals surface area contributed by atoms with Crippen molar-refractivity contribution in [2.24, 2.45) is 7.05 Å². The first kappa shape index (κ1) is 28.1. The third-order valence-corrected chi connectivity index (χ3v) is 7.89. The standard InChI is InChI=1S/C28H28Cl2N8O4/c1-35-13-17-10-19(6-7-21(17)33-35)31-28(41)24(12-20-4-2-3-9-42-20)37-16-26(39)36(15-27(37)40)23-11-18(29)5-8-22(23)38-14-25(30)32-34-38/h5-8,10-11,13-14,20,24H,2-4,9,12,15-16H2,1H3,(H,31,41). The van der Waals surface area contributed by atoms with Gasteiger partial charge in [-0.2, -0.15) is 5.10 Å². The maximum absolute atomic E-state index is 13.8. The van der Waals surface area contributed by atoms with Gasteiger partial charge in [-0.25, -0.2) is 4.68 Å². The highest BCUT2D eigenvalue weighted by atomic mass is 35.5. The molecule has 4 aromatic rings. The predicted molar refractivity (Wildman–Crippen MR) is 157 cm³/mol. The summed E-state index contributed by atoms with van der Waals surface area (Å²) in [5.74, 6) is -1.14. The highest BCUT2D eigenvalue weighted by Gasteiger charge is 2.40. The van der Waals surface area contributed by atoms with Gasteiger partial charge in [0.25, 0.3) is 0 Å². The highest BCUT2D eigenvalue weighted by molar-refractivity contribution is 6.31. The van der Waals surface area contributed by atoms with Crippen molar-refractivity contribution in [3.05, 3.63) is 59.0 Å². The minimum atomic E-state index is -0.913. The minimum Gasteiger partial charge on any atom is -0.378 e. The van der Waals surface area contributed by atoms with Crippen LogP contribution in [-0.2, 0) is 26.2 Å². The molecular formula is C28H28Cl2N8O4. The number of carbonyl (C=O) groups is 3. The molecule has 0 radical (unpaired) electrons. The Hall–Kier alpha value is -4.00.